The molecular weight excluding hydrogens is 266 g/mol. The molecule has 2 aromatic carbocycles. The van der Waals surface area contributed by atoms with Crippen LogP contribution in [0.2, 0.25) is 0 Å². The Bertz CT molecular complexity index is 802. The lowest BCUT2D eigenvalue weighted by atomic mass is 10.2. The van der Waals surface area contributed by atoms with Crippen LogP contribution in [0.5, 0.6) is 0 Å². The van der Waals surface area contributed by atoms with Gasteiger partial charge in [-0.1, -0.05) is 30.3 Å². The molecule has 0 radical (unpaired) electrons. The molecule has 0 aliphatic heterocycles. The van der Waals surface area contributed by atoms with E-state index in [4.69, 9.17) is 0 Å². The third kappa shape index (κ3) is 2.97. The zero-order valence-corrected chi connectivity index (χ0v) is 11.2. The van der Waals surface area contributed by atoms with E-state index < -0.39 is 4.92 Å². The van der Waals surface area contributed by atoms with Gasteiger partial charge in [0.2, 0.25) is 0 Å². The van der Waals surface area contributed by atoms with E-state index in [-0.39, 0.29) is 5.69 Å². The van der Waals surface area contributed by atoms with Gasteiger partial charge in [-0.25, -0.2) is 0 Å². The largest absolute Gasteiger partial charge is 0.379 e. The molecule has 1 N–H and O–H groups in total. The van der Waals surface area contributed by atoms with Crippen molar-refractivity contribution in [3.05, 3.63) is 76.5 Å². The Balaban J connectivity index is 1.77. The van der Waals surface area contributed by atoms with Crippen molar-refractivity contribution in [3.8, 4) is 0 Å². The van der Waals surface area contributed by atoms with Crippen molar-refractivity contribution in [3.63, 3.8) is 0 Å². The number of nitrogens with one attached hydrogen (secondary N) is 1. The number of para-hydroxylation sites is 1. The fourth-order valence-electron chi connectivity index (χ4n) is 2.13. The maximum atomic E-state index is 10.7. The topological polar surface area (TPSA) is 68.1 Å². The van der Waals surface area contributed by atoms with Gasteiger partial charge in [0, 0.05) is 23.2 Å². The van der Waals surface area contributed by atoms with Gasteiger partial charge in [0.05, 0.1) is 22.7 Å². The lowest BCUT2D eigenvalue weighted by Gasteiger charge is -2.06. The second-order valence-corrected chi connectivity index (χ2v) is 4.66. The molecule has 0 unspecified atom stereocenters. The van der Waals surface area contributed by atoms with Crippen molar-refractivity contribution in [2.75, 3.05) is 5.32 Å². The number of non-ortho nitro benzene ring substituents is 1. The molecule has 5 heteroatoms. The first-order valence-electron chi connectivity index (χ1n) is 6.55. The van der Waals surface area contributed by atoms with Crippen LogP contribution < -0.4 is 5.32 Å². The zero-order valence-electron chi connectivity index (χ0n) is 11.2. The number of nitro benzene ring substituents is 1. The van der Waals surface area contributed by atoms with Crippen LogP contribution >= 0.6 is 0 Å². The summed E-state index contributed by atoms with van der Waals surface area (Å²) in [5.74, 6) is 0. The van der Waals surface area contributed by atoms with Crippen molar-refractivity contribution in [2.45, 2.75) is 6.54 Å². The van der Waals surface area contributed by atoms with Crippen molar-refractivity contribution in [1.29, 1.82) is 0 Å². The summed E-state index contributed by atoms with van der Waals surface area (Å²) in [5, 5.41) is 15.0. The summed E-state index contributed by atoms with van der Waals surface area (Å²) in [6, 6.07) is 18.3. The van der Waals surface area contributed by atoms with E-state index in [0.29, 0.717) is 12.2 Å². The highest BCUT2D eigenvalue weighted by Gasteiger charge is 2.05. The van der Waals surface area contributed by atoms with Crippen LogP contribution in [0.4, 0.5) is 11.4 Å². The van der Waals surface area contributed by atoms with Gasteiger partial charge in [0.15, 0.2) is 0 Å². The van der Waals surface area contributed by atoms with E-state index >= 15 is 0 Å². The standard InChI is InChI=1S/C16H13N3O2/c20-19(21)15-6-3-5-13(10-15)17-11-14-9-8-12-4-1-2-7-16(12)18-14/h1-10,17H,11H2. The van der Waals surface area contributed by atoms with Crippen LogP contribution in [0.15, 0.2) is 60.7 Å². The van der Waals surface area contributed by atoms with Gasteiger partial charge >= 0.3 is 0 Å². The number of nitrogens with zero attached hydrogens (tertiary/aromatic N) is 2. The number of hydrogen-bond donors (Lipinski definition) is 1. The fourth-order valence-corrected chi connectivity index (χ4v) is 2.13. The summed E-state index contributed by atoms with van der Waals surface area (Å²) in [6.45, 7) is 0.520. The number of benzene rings is 2. The van der Waals surface area contributed by atoms with Gasteiger partial charge in [-0.2, -0.15) is 0 Å². The molecule has 5 nitrogen and oxygen atoms in total. The summed E-state index contributed by atoms with van der Waals surface area (Å²) < 4.78 is 0. The fraction of sp³-hybridized carbons (Fsp3) is 0.0625. The Labute approximate surface area is 121 Å². The third-order valence-electron chi connectivity index (χ3n) is 3.19. The Hall–Kier alpha value is -2.95. The molecule has 0 saturated heterocycles. The molecule has 0 aliphatic rings. The Kier molecular flexibility index (Phi) is 3.47. The van der Waals surface area contributed by atoms with Crippen LogP contribution in [0.1, 0.15) is 5.69 Å². The summed E-state index contributed by atoms with van der Waals surface area (Å²) in [4.78, 5) is 14.9. The second-order valence-electron chi connectivity index (χ2n) is 4.66. The summed E-state index contributed by atoms with van der Waals surface area (Å²) >= 11 is 0. The number of hydrogen-bond acceptors (Lipinski definition) is 4. The number of anilines is 1. The van der Waals surface area contributed by atoms with Crippen LogP contribution in [-0.2, 0) is 6.54 Å². The van der Waals surface area contributed by atoms with Crippen molar-refractivity contribution >= 4 is 22.3 Å². The van der Waals surface area contributed by atoms with Crippen molar-refractivity contribution in [2.24, 2.45) is 0 Å². The first-order valence-corrected chi connectivity index (χ1v) is 6.55. The summed E-state index contributed by atoms with van der Waals surface area (Å²) in [5.41, 5.74) is 2.61. The molecule has 0 amide bonds. The molecule has 0 aliphatic carbocycles. The van der Waals surface area contributed by atoms with E-state index in [1.165, 1.54) is 12.1 Å². The molecule has 104 valence electrons. The van der Waals surface area contributed by atoms with E-state index in [1.54, 1.807) is 12.1 Å². The average molecular weight is 279 g/mol. The highest BCUT2D eigenvalue weighted by molar-refractivity contribution is 5.78. The minimum absolute atomic E-state index is 0.0754. The van der Waals surface area contributed by atoms with Crippen LogP contribution in [-0.4, -0.2) is 9.91 Å². The van der Waals surface area contributed by atoms with Crippen LogP contribution in [0.25, 0.3) is 10.9 Å². The smallest absolute Gasteiger partial charge is 0.271 e. The van der Waals surface area contributed by atoms with Crippen molar-refractivity contribution < 1.29 is 4.92 Å². The van der Waals surface area contributed by atoms with Crippen LogP contribution in [0.3, 0.4) is 0 Å². The molecule has 0 saturated carbocycles. The van der Waals surface area contributed by atoms with E-state index in [0.717, 1.165) is 16.6 Å². The van der Waals surface area contributed by atoms with Gasteiger partial charge in [-0.05, 0) is 18.2 Å². The quantitative estimate of drug-likeness (QED) is 0.583. The SMILES string of the molecule is O=[N+]([O-])c1cccc(NCc2ccc3ccccc3n2)c1. The predicted molar refractivity (Wildman–Crippen MR) is 82.2 cm³/mol. The Morgan fingerprint density at radius 1 is 1.05 bits per heavy atom. The molecule has 21 heavy (non-hydrogen) atoms. The zero-order chi connectivity index (χ0) is 14.7. The number of pyridine rings is 1. The lowest BCUT2D eigenvalue weighted by Crippen LogP contribution is -2.02. The monoisotopic (exact) mass is 279 g/mol. The average Bonchev–Trinajstić information content (AvgIpc) is 2.53. The number of aromatic nitrogens is 1. The first kappa shape index (κ1) is 13.1. The third-order valence-corrected chi connectivity index (χ3v) is 3.19. The molecule has 0 fully saturated rings. The summed E-state index contributed by atoms with van der Waals surface area (Å²) in [6.07, 6.45) is 0. The minimum atomic E-state index is -0.403. The Morgan fingerprint density at radius 3 is 2.76 bits per heavy atom. The molecule has 1 aromatic heterocycles. The van der Waals surface area contributed by atoms with Gasteiger partial charge in [-0.15, -0.1) is 0 Å². The molecular formula is C16H13N3O2. The normalized spacial score (nSPS) is 10.5. The number of rotatable bonds is 4. The predicted octanol–water partition coefficient (Wildman–Crippen LogP) is 3.76. The van der Waals surface area contributed by atoms with E-state index in [9.17, 15) is 10.1 Å². The molecule has 0 spiro atoms. The molecule has 3 aromatic rings. The van der Waals surface area contributed by atoms with E-state index in [2.05, 4.69) is 10.3 Å². The first-order chi connectivity index (χ1) is 10.2. The summed E-state index contributed by atoms with van der Waals surface area (Å²) in [7, 11) is 0. The highest BCUT2D eigenvalue weighted by atomic mass is 16.6. The number of fused-ring (bicyclic) bond motifs is 1. The molecule has 1 heterocycles. The second kappa shape index (κ2) is 5.58. The molecule has 0 atom stereocenters. The molecule has 0 bridgehead atoms. The molecule has 3 rings (SSSR count). The van der Waals surface area contributed by atoms with Gasteiger partial charge in [0.25, 0.3) is 5.69 Å². The van der Waals surface area contributed by atoms with Crippen LogP contribution in [0, 0.1) is 10.1 Å². The Morgan fingerprint density at radius 2 is 1.90 bits per heavy atom. The van der Waals surface area contributed by atoms with Gasteiger partial charge in [-0.3, -0.25) is 15.1 Å². The van der Waals surface area contributed by atoms with Gasteiger partial charge in [0.1, 0.15) is 0 Å². The maximum absolute atomic E-state index is 10.7. The van der Waals surface area contributed by atoms with E-state index in [1.807, 2.05) is 36.4 Å². The number of nitro groups is 1. The van der Waals surface area contributed by atoms with Gasteiger partial charge < -0.3 is 5.32 Å². The maximum Gasteiger partial charge on any atom is 0.271 e. The van der Waals surface area contributed by atoms with Crippen molar-refractivity contribution in [1.82, 2.24) is 4.98 Å². The minimum Gasteiger partial charge on any atom is -0.379 e. The lowest BCUT2D eigenvalue weighted by molar-refractivity contribution is -0.384. The highest BCUT2D eigenvalue weighted by Crippen LogP contribution is 2.18.